The van der Waals surface area contributed by atoms with Gasteiger partial charge in [-0.3, -0.25) is 9.59 Å². The van der Waals surface area contributed by atoms with E-state index in [1.165, 1.54) is 0 Å². The van der Waals surface area contributed by atoms with E-state index >= 15 is 0 Å². The molecule has 1 N–H and O–H groups in total. The molecule has 0 unspecified atom stereocenters. The Hall–Kier alpha value is -2.83. The zero-order valence-electron chi connectivity index (χ0n) is 13.6. The van der Waals surface area contributed by atoms with E-state index in [1.54, 1.807) is 30.0 Å². The fourth-order valence-corrected chi connectivity index (χ4v) is 3.06. The van der Waals surface area contributed by atoms with Gasteiger partial charge in [-0.05, 0) is 17.7 Å². The van der Waals surface area contributed by atoms with Crippen LogP contribution in [0, 0.1) is 0 Å². The van der Waals surface area contributed by atoms with Crippen LogP contribution in [0.15, 0.2) is 30.6 Å². The fourth-order valence-electron chi connectivity index (χ4n) is 3.06. The average Bonchev–Trinajstić information content (AvgIpc) is 2.95. The van der Waals surface area contributed by atoms with E-state index in [-0.39, 0.29) is 18.9 Å². The molecule has 7 heteroatoms. The summed E-state index contributed by atoms with van der Waals surface area (Å²) in [5.41, 5.74) is 2.15. The number of aryl methyl sites for hydroxylation is 1. The van der Waals surface area contributed by atoms with E-state index in [0.717, 1.165) is 5.56 Å². The minimum Gasteiger partial charge on any atom is -0.497 e. The lowest BCUT2D eigenvalue weighted by Gasteiger charge is -2.31. The maximum absolute atomic E-state index is 12.6. The summed E-state index contributed by atoms with van der Waals surface area (Å²) in [4.78, 5) is 30.0. The Kier molecular flexibility index (Phi) is 4.24. The fraction of sp³-hybridized carbons (Fsp3) is 0.353. The molecule has 0 radical (unpaired) electrons. The maximum atomic E-state index is 12.6. The number of fused-ring (bicyclic) bond motifs is 1. The highest BCUT2D eigenvalue weighted by atomic mass is 16.5. The van der Waals surface area contributed by atoms with Crippen LogP contribution < -0.4 is 4.74 Å². The monoisotopic (exact) mass is 329 g/mol. The SMILES string of the molecule is COc1cccc(CC(=O)N2Cc3ncn(C)c3[C@@H](C(=O)O)C2)c1. The second-order valence-electron chi connectivity index (χ2n) is 5.88. The predicted octanol–water partition coefficient (Wildman–Crippen LogP) is 1.18. The summed E-state index contributed by atoms with van der Waals surface area (Å²) in [7, 11) is 3.35. The van der Waals surface area contributed by atoms with Gasteiger partial charge in [0.1, 0.15) is 11.7 Å². The summed E-state index contributed by atoms with van der Waals surface area (Å²) >= 11 is 0. The van der Waals surface area contributed by atoms with Crippen molar-refractivity contribution in [3.63, 3.8) is 0 Å². The van der Waals surface area contributed by atoms with Crippen LogP contribution in [-0.2, 0) is 29.6 Å². The van der Waals surface area contributed by atoms with Crippen molar-refractivity contribution in [3.05, 3.63) is 47.5 Å². The molecule has 1 aliphatic heterocycles. The number of methoxy groups -OCH3 is 1. The van der Waals surface area contributed by atoms with Gasteiger partial charge in [-0.2, -0.15) is 0 Å². The van der Waals surface area contributed by atoms with Gasteiger partial charge in [-0.25, -0.2) is 4.98 Å². The van der Waals surface area contributed by atoms with Gasteiger partial charge in [0.05, 0.1) is 37.8 Å². The first-order chi connectivity index (χ1) is 11.5. The molecular weight excluding hydrogens is 310 g/mol. The number of carbonyl (C=O) groups excluding carboxylic acids is 1. The van der Waals surface area contributed by atoms with Crippen LogP contribution in [0.25, 0.3) is 0 Å². The molecule has 24 heavy (non-hydrogen) atoms. The summed E-state index contributed by atoms with van der Waals surface area (Å²) in [6, 6.07) is 7.30. The molecule has 1 aromatic heterocycles. The number of carboxylic acid groups (broad SMARTS) is 1. The quantitative estimate of drug-likeness (QED) is 0.910. The van der Waals surface area contributed by atoms with Crippen LogP contribution in [0.3, 0.4) is 0 Å². The van der Waals surface area contributed by atoms with Crippen molar-refractivity contribution >= 4 is 11.9 Å². The topological polar surface area (TPSA) is 84.7 Å². The molecule has 126 valence electrons. The summed E-state index contributed by atoms with van der Waals surface area (Å²) in [6.07, 6.45) is 1.79. The standard InChI is InChI=1S/C17H19N3O4/c1-19-10-18-14-9-20(8-13(16(14)19)17(22)23)15(21)7-11-4-3-5-12(6-11)24-2/h3-6,10,13H,7-9H2,1-2H3,(H,22,23)/t13-/m0/s1. The molecule has 7 nitrogen and oxygen atoms in total. The number of aliphatic carboxylic acids is 1. The number of imidazole rings is 1. The number of carboxylic acids is 1. The lowest BCUT2D eigenvalue weighted by atomic mass is 9.97. The van der Waals surface area contributed by atoms with Crippen molar-refractivity contribution in [2.24, 2.45) is 7.05 Å². The van der Waals surface area contributed by atoms with E-state index in [0.29, 0.717) is 23.7 Å². The third kappa shape index (κ3) is 2.97. The molecule has 1 aliphatic rings. The van der Waals surface area contributed by atoms with Crippen molar-refractivity contribution in [2.75, 3.05) is 13.7 Å². The molecule has 1 amide bonds. The smallest absolute Gasteiger partial charge is 0.314 e. The molecule has 1 aromatic carbocycles. The lowest BCUT2D eigenvalue weighted by molar-refractivity contribution is -0.141. The number of ether oxygens (including phenoxy) is 1. The van der Waals surface area contributed by atoms with E-state index in [2.05, 4.69) is 4.98 Å². The van der Waals surface area contributed by atoms with Crippen LogP contribution in [0.2, 0.25) is 0 Å². The summed E-state index contributed by atoms with van der Waals surface area (Å²) in [5, 5.41) is 9.49. The van der Waals surface area contributed by atoms with Crippen LogP contribution in [0.1, 0.15) is 22.9 Å². The third-order valence-corrected chi connectivity index (χ3v) is 4.28. The zero-order chi connectivity index (χ0) is 17.3. The van der Waals surface area contributed by atoms with Gasteiger partial charge >= 0.3 is 5.97 Å². The molecule has 0 bridgehead atoms. The van der Waals surface area contributed by atoms with Gasteiger partial charge in [0, 0.05) is 13.6 Å². The number of hydrogen-bond donors (Lipinski definition) is 1. The highest BCUT2D eigenvalue weighted by Gasteiger charge is 2.35. The largest absolute Gasteiger partial charge is 0.497 e. The van der Waals surface area contributed by atoms with Gasteiger partial charge < -0.3 is 19.3 Å². The Bertz CT molecular complexity index is 784. The van der Waals surface area contributed by atoms with Gasteiger partial charge in [-0.15, -0.1) is 0 Å². The summed E-state index contributed by atoms with van der Waals surface area (Å²) < 4.78 is 6.88. The second kappa shape index (κ2) is 6.35. The highest BCUT2D eigenvalue weighted by Crippen LogP contribution is 2.28. The first-order valence-corrected chi connectivity index (χ1v) is 7.63. The van der Waals surface area contributed by atoms with Crippen molar-refractivity contribution < 1.29 is 19.4 Å². The number of nitrogens with zero attached hydrogens (tertiary/aromatic N) is 3. The normalized spacial score (nSPS) is 16.6. The van der Waals surface area contributed by atoms with Crippen LogP contribution in [-0.4, -0.2) is 45.1 Å². The average molecular weight is 329 g/mol. The number of benzene rings is 1. The van der Waals surface area contributed by atoms with Crippen molar-refractivity contribution in [2.45, 2.75) is 18.9 Å². The number of rotatable bonds is 4. The minimum atomic E-state index is -0.946. The Morgan fingerprint density at radius 3 is 2.92 bits per heavy atom. The number of amides is 1. The second-order valence-corrected chi connectivity index (χ2v) is 5.88. The van der Waals surface area contributed by atoms with Gasteiger partial charge in [0.2, 0.25) is 5.91 Å². The number of aromatic nitrogens is 2. The van der Waals surface area contributed by atoms with Crippen LogP contribution in [0.5, 0.6) is 5.75 Å². The maximum Gasteiger partial charge on any atom is 0.314 e. The zero-order valence-corrected chi connectivity index (χ0v) is 13.6. The molecular formula is C17H19N3O4. The van der Waals surface area contributed by atoms with Gasteiger partial charge in [-0.1, -0.05) is 12.1 Å². The van der Waals surface area contributed by atoms with Crippen LogP contribution >= 0.6 is 0 Å². The first kappa shape index (κ1) is 16.0. The lowest BCUT2D eigenvalue weighted by Crippen LogP contribution is -2.41. The van der Waals surface area contributed by atoms with Crippen molar-refractivity contribution in [1.29, 1.82) is 0 Å². The van der Waals surface area contributed by atoms with Crippen LogP contribution in [0.4, 0.5) is 0 Å². The molecule has 2 aromatic rings. The molecule has 0 saturated heterocycles. The summed E-state index contributed by atoms with van der Waals surface area (Å²) in [6.45, 7) is 0.493. The molecule has 0 spiro atoms. The molecule has 2 heterocycles. The molecule has 0 fully saturated rings. The van der Waals surface area contributed by atoms with E-state index in [1.807, 2.05) is 24.3 Å². The Morgan fingerprint density at radius 1 is 1.42 bits per heavy atom. The highest BCUT2D eigenvalue weighted by molar-refractivity contribution is 5.82. The molecule has 1 atom stereocenters. The first-order valence-electron chi connectivity index (χ1n) is 7.63. The van der Waals surface area contributed by atoms with Crippen molar-refractivity contribution in [3.8, 4) is 5.75 Å². The van der Waals surface area contributed by atoms with Gasteiger partial charge in [0.25, 0.3) is 0 Å². The van der Waals surface area contributed by atoms with Crippen molar-refractivity contribution in [1.82, 2.24) is 14.5 Å². The van der Waals surface area contributed by atoms with E-state index < -0.39 is 11.9 Å². The van der Waals surface area contributed by atoms with E-state index in [4.69, 9.17) is 4.74 Å². The third-order valence-electron chi connectivity index (χ3n) is 4.28. The molecule has 0 saturated carbocycles. The molecule has 3 rings (SSSR count). The Labute approximate surface area is 139 Å². The van der Waals surface area contributed by atoms with E-state index in [9.17, 15) is 14.7 Å². The Morgan fingerprint density at radius 2 is 2.21 bits per heavy atom. The summed E-state index contributed by atoms with van der Waals surface area (Å²) in [5.74, 6) is -1.13. The number of carbonyl (C=O) groups is 2. The predicted molar refractivity (Wildman–Crippen MR) is 85.7 cm³/mol. The van der Waals surface area contributed by atoms with Gasteiger partial charge in [0.15, 0.2) is 0 Å². The Balaban J connectivity index is 1.80. The number of hydrogen-bond acceptors (Lipinski definition) is 4. The molecule has 0 aliphatic carbocycles. The minimum absolute atomic E-state index is 0.120.